The van der Waals surface area contributed by atoms with Crippen molar-refractivity contribution in [3.63, 3.8) is 0 Å². The number of hydrogen-bond donors (Lipinski definition) is 0. The van der Waals surface area contributed by atoms with Crippen LogP contribution in [-0.2, 0) is 10.9 Å². The number of carbonyl (C=O) groups is 1. The molecule has 0 aromatic carbocycles. The lowest BCUT2D eigenvalue weighted by Gasteiger charge is -2.29. The van der Waals surface area contributed by atoms with Crippen molar-refractivity contribution in [3.05, 3.63) is 29.6 Å². The van der Waals surface area contributed by atoms with Crippen molar-refractivity contribution in [2.24, 2.45) is 0 Å². The molecule has 20 heavy (non-hydrogen) atoms. The van der Waals surface area contributed by atoms with Gasteiger partial charge in [-0.2, -0.15) is 18.4 Å². The fourth-order valence-electron chi connectivity index (χ4n) is 1.76. The number of carbonyl (C=O) groups excluding carboxylic acids is 1. The average Bonchev–Trinajstić information content (AvgIpc) is 2.46. The second-order valence-corrected chi connectivity index (χ2v) is 4.17. The van der Waals surface area contributed by atoms with Gasteiger partial charge in [0.25, 0.3) is 5.91 Å². The maximum Gasteiger partial charge on any atom is 0.417 e. The van der Waals surface area contributed by atoms with Gasteiger partial charge in [-0.25, -0.2) is 0 Å². The number of halogens is 3. The first-order chi connectivity index (χ1) is 9.41. The molecule has 0 bridgehead atoms. The van der Waals surface area contributed by atoms with E-state index < -0.39 is 23.8 Å². The molecular weight excluding hydrogens is 275 g/mol. The molecule has 0 radical (unpaired) electrons. The molecule has 5 nitrogen and oxygen atoms in total. The lowest BCUT2D eigenvalue weighted by Crippen LogP contribution is -2.45. The minimum Gasteiger partial charge on any atom is -0.360 e. The Labute approximate surface area is 112 Å². The summed E-state index contributed by atoms with van der Waals surface area (Å²) in [5.41, 5.74) is -0.998. The molecular formula is C12H10F3N3O2. The molecule has 0 N–H and O–H groups in total. The van der Waals surface area contributed by atoms with Crippen LogP contribution < -0.4 is 0 Å². The molecule has 1 aliphatic rings. The highest BCUT2D eigenvalue weighted by Gasteiger charge is 2.31. The van der Waals surface area contributed by atoms with Crippen LogP contribution in [0.2, 0.25) is 0 Å². The normalized spacial score (nSPS) is 19.5. The van der Waals surface area contributed by atoms with Gasteiger partial charge in [0.1, 0.15) is 5.69 Å². The number of ether oxygens (including phenoxy) is 1. The third kappa shape index (κ3) is 3.05. The maximum absolute atomic E-state index is 12.4. The van der Waals surface area contributed by atoms with Gasteiger partial charge in [-0.15, -0.1) is 0 Å². The quantitative estimate of drug-likeness (QED) is 0.783. The number of amides is 1. The molecule has 0 saturated carbocycles. The largest absolute Gasteiger partial charge is 0.417 e. The summed E-state index contributed by atoms with van der Waals surface area (Å²) in [5, 5.41) is 8.73. The first-order valence-corrected chi connectivity index (χ1v) is 5.75. The Morgan fingerprint density at radius 3 is 2.80 bits per heavy atom. The predicted molar refractivity (Wildman–Crippen MR) is 60.5 cm³/mol. The van der Waals surface area contributed by atoms with Crippen LogP contribution in [0.4, 0.5) is 13.2 Å². The molecule has 0 spiro atoms. The zero-order valence-electron chi connectivity index (χ0n) is 10.2. The van der Waals surface area contributed by atoms with Crippen LogP contribution in [-0.4, -0.2) is 41.6 Å². The van der Waals surface area contributed by atoms with E-state index >= 15 is 0 Å². The molecule has 1 fully saturated rings. The van der Waals surface area contributed by atoms with E-state index in [9.17, 15) is 18.0 Å². The third-order valence-corrected chi connectivity index (χ3v) is 2.81. The van der Waals surface area contributed by atoms with Gasteiger partial charge >= 0.3 is 6.18 Å². The standard InChI is InChI=1S/C12H10F3N3O2/c13-12(14,15)8-1-2-10(17-6-8)11(19)18-3-4-20-9(5-16)7-18/h1-2,6,9H,3-4,7H2. The molecule has 2 rings (SSSR count). The minimum absolute atomic E-state index is 0.0814. The van der Waals surface area contributed by atoms with Crippen LogP contribution in [0.1, 0.15) is 16.1 Å². The number of morpholine rings is 1. The first-order valence-electron chi connectivity index (χ1n) is 5.75. The summed E-state index contributed by atoms with van der Waals surface area (Å²) in [5.74, 6) is -0.512. The van der Waals surface area contributed by atoms with Crippen molar-refractivity contribution >= 4 is 5.91 Å². The van der Waals surface area contributed by atoms with Crippen LogP contribution in [0.25, 0.3) is 0 Å². The van der Waals surface area contributed by atoms with Crippen LogP contribution >= 0.6 is 0 Å². The second kappa shape index (κ2) is 5.46. The van der Waals surface area contributed by atoms with Crippen molar-refractivity contribution in [2.45, 2.75) is 12.3 Å². The van der Waals surface area contributed by atoms with E-state index in [0.717, 1.165) is 12.1 Å². The van der Waals surface area contributed by atoms with Gasteiger partial charge in [-0.05, 0) is 12.1 Å². The Hall–Kier alpha value is -2.14. The molecule has 1 aromatic heterocycles. The zero-order chi connectivity index (χ0) is 14.8. The summed E-state index contributed by atoms with van der Waals surface area (Å²) < 4.78 is 42.2. The zero-order valence-corrected chi connectivity index (χ0v) is 10.2. The van der Waals surface area contributed by atoms with Gasteiger partial charge in [0.05, 0.1) is 24.8 Å². The number of pyridine rings is 1. The molecule has 8 heteroatoms. The predicted octanol–water partition coefficient (Wildman–Crippen LogP) is 1.46. The smallest absolute Gasteiger partial charge is 0.360 e. The summed E-state index contributed by atoms with van der Waals surface area (Å²) in [6.45, 7) is 0.572. The molecule has 1 aromatic rings. The van der Waals surface area contributed by atoms with Gasteiger partial charge < -0.3 is 9.64 Å². The van der Waals surface area contributed by atoms with Gasteiger partial charge in [-0.3, -0.25) is 9.78 Å². The number of nitrogens with zero attached hydrogens (tertiary/aromatic N) is 3. The van der Waals surface area contributed by atoms with E-state index in [0.29, 0.717) is 6.20 Å². The Morgan fingerprint density at radius 1 is 1.50 bits per heavy atom. The Bertz CT molecular complexity index is 536. The summed E-state index contributed by atoms with van der Waals surface area (Å²) in [7, 11) is 0. The Morgan fingerprint density at radius 2 is 2.25 bits per heavy atom. The fourth-order valence-corrected chi connectivity index (χ4v) is 1.76. The van der Waals surface area contributed by atoms with Gasteiger partial charge in [-0.1, -0.05) is 0 Å². The average molecular weight is 285 g/mol. The molecule has 1 atom stereocenters. The van der Waals surface area contributed by atoms with Crippen LogP contribution in [0, 0.1) is 11.3 Å². The van der Waals surface area contributed by atoms with Gasteiger partial charge in [0.2, 0.25) is 0 Å². The van der Waals surface area contributed by atoms with Crippen LogP contribution in [0.15, 0.2) is 18.3 Å². The van der Waals surface area contributed by atoms with Crippen molar-refractivity contribution in [1.82, 2.24) is 9.88 Å². The highest BCUT2D eigenvalue weighted by atomic mass is 19.4. The molecule has 2 heterocycles. The highest BCUT2D eigenvalue weighted by Crippen LogP contribution is 2.28. The Kier molecular flexibility index (Phi) is 3.90. The van der Waals surface area contributed by atoms with E-state index in [1.54, 1.807) is 0 Å². The first kappa shape index (κ1) is 14.3. The molecule has 1 amide bonds. The van der Waals surface area contributed by atoms with Crippen molar-refractivity contribution < 1.29 is 22.7 Å². The van der Waals surface area contributed by atoms with E-state index in [-0.39, 0.29) is 25.4 Å². The lowest BCUT2D eigenvalue weighted by molar-refractivity contribution is -0.137. The maximum atomic E-state index is 12.4. The Balaban J connectivity index is 2.12. The van der Waals surface area contributed by atoms with E-state index in [1.807, 2.05) is 6.07 Å². The summed E-state index contributed by atoms with van der Waals surface area (Å²) in [6, 6.07) is 3.72. The molecule has 1 aliphatic heterocycles. The van der Waals surface area contributed by atoms with Crippen molar-refractivity contribution in [1.29, 1.82) is 5.26 Å². The van der Waals surface area contributed by atoms with Gasteiger partial charge in [0.15, 0.2) is 6.10 Å². The van der Waals surface area contributed by atoms with E-state index in [4.69, 9.17) is 10.00 Å². The van der Waals surface area contributed by atoms with E-state index in [1.165, 1.54) is 4.90 Å². The minimum atomic E-state index is -4.49. The molecule has 106 valence electrons. The van der Waals surface area contributed by atoms with E-state index in [2.05, 4.69) is 4.98 Å². The third-order valence-electron chi connectivity index (χ3n) is 2.81. The number of nitriles is 1. The SMILES string of the molecule is N#CC1CN(C(=O)c2ccc(C(F)(F)F)cn2)CCO1. The second-order valence-electron chi connectivity index (χ2n) is 4.17. The summed E-state index contributed by atoms with van der Waals surface area (Å²) >= 11 is 0. The lowest BCUT2D eigenvalue weighted by atomic mass is 10.2. The monoisotopic (exact) mass is 285 g/mol. The fraction of sp³-hybridized carbons (Fsp3) is 0.417. The van der Waals surface area contributed by atoms with Crippen molar-refractivity contribution in [3.8, 4) is 6.07 Å². The molecule has 0 aliphatic carbocycles. The summed E-state index contributed by atoms with van der Waals surface area (Å²) in [6.07, 6.45) is -4.59. The van der Waals surface area contributed by atoms with Crippen molar-refractivity contribution in [2.75, 3.05) is 19.7 Å². The highest BCUT2D eigenvalue weighted by molar-refractivity contribution is 5.92. The number of alkyl halides is 3. The van der Waals surface area contributed by atoms with Gasteiger partial charge in [0, 0.05) is 12.7 Å². The van der Waals surface area contributed by atoms with Crippen LogP contribution in [0.3, 0.4) is 0 Å². The topological polar surface area (TPSA) is 66.2 Å². The molecule has 1 saturated heterocycles. The number of hydrogen-bond acceptors (Lipinski definition) is 4. The number of rotatable bonds is 1. The van der Waals surface area contributed by atoms with Crippen LogP contribution in [0.5, 0.6) is 0 Å². The summed E-state index contributed by atoms with van der Waals surface area (Å²) in [4.78, 5) is 16.9. The molecule has 1 unspecified atom stereocenters. The number of aromatic nitrogens is 1.